The highest BCUT2D eigenvalue weighted by molar-refractivity contribution is 7.14. The first-order valence-electron chi connectivity index (χ1n) is 9.01. The molecule has 0 atom stereocenters. The Labute approximate surface area is 167 Å². The molecule has 0 saturated carbocycles. The number of anilines is 1. The molecule has 1 heterocycles. The monoisotopic (exact) mass is 400 g/mol. The Balaban J connectivity index is 1.44. The zero-order valence-electron chi connectivity index (χ0n) is 15.5. The Kier molecular flexibility index (Phi) is 6.97. The maximum absolute atomic E-state index is 13.0. The van der Waals surface area contributed by atoms with E-state index in [4.69, 9.17) is 9.47 Å². The third-order valence-electron chi connectivity index (χ3n) is 3.85. The minimum Gasteiger partial charge on any atom is -0.490 e. The van der Waals surface area contributed by atoms with E-state index >= 15 is 0 Å². The maximum atomic E-state index is 13.0. The fourth-order valence-corrected chi connectivity index (χ4v) is 3.26. The van der Waals surface area contributed by atoms with Gasteiger partial charge < -0.3 is 14.8 Å². The van der Waals surface area contributed by atoms with Crippen LogP contribution in [-0.2, 0) is 4.79 Å². The van der Waals surface area contributed by atoms with Gasteiger partial charge in [0.2, 0.25) is 5.91 Å². The van der Waals surface area contributed by atoms with Crippen molar-refractivity contribution < 1.29 is 18.7 Å². The highest BCUT2D eigenvalue weighted by Gasteiger charge is 2.09. The van der Waals surface area contributed by atoms with Gasteiger partial charge in [0.25, 0.3) is 0 Å². The van der Waals surface area contributed by atoms with Crippen LogP contribution < -0.4 is 14.8 Å². The van der Waals surface area contributed by atoms with E-state index < -0.39 is 0 Å². The number of nitrogens with zero attached hydrogens (tertiary/aromatic N) is 1. The van der Waals surface area contributed by atoms with Crippen LogP contribution in [0.2, 0.25) is 0 Å². The van der Waals surface area contributed by atoms with Crippen molar-refractivity contribution in [2.75, 3.05) is 18.5 Å². The van der Waals surface area contributed by atoms with Crippen LogP contribution in [0, 0.1) is 5.82 Å². The molecule has 0 aliphatic carbocycles. The van der Waals surface area contributed by atoms with Crippen LogP contribution in [0.4, 0.5) is 9.52 Å². The number of thiazole rings is 1. The summed E-state index contributed by atoms with van der Waals surface area (Å²) in [5, 5.41) is 5.14. The van der Waals surface area contributed by atoms with Crippen molar-refractivity contribution in [3.05, 3.63) is 59.7 Å². The first-order chi connectivity index (χ1) is 13.7. The number of nitrogens with one attached hydrogen (secondary N) is 1. The van der Waals surface area contributed by atoms with E-state index in [0.29, 0.717) is 48.4 Å². The van der Waals surface area contributed by atoms with Gasteiger partial charge in [0.15, 0.2) is 16.6 Å². The zero-order chi connectivity index (χ0) is 19.8. The highest BCUT2D eigenvalue weighted by Crippen LogP contribution is 2.27. The topological polar surface area (TPSA) is 60.5 Å². The highest BCUT2D eigenvalue weighted by atomic mass is 32.1. The van der Waals surface area contributed by atoms with Crippen LogP contribution in [0.1, 0.15) is 19.8 Å². The number of rotatable bonds is 9. The summed E-state index contributed by atoms with van der Waals surface area (Å²) in [6.07, 6.45) is 0.894. The summed E-state index contributed by atoms with van der Waals surface area (Å²) in [4.78, 5) is 16.5. The van der Waals surface area contributed by atoms with Gasteiger partial charge >= 0.3 is 0 Å². The third-order valence-corrected chi connectivity index (χ3v) is 4.60. The van der Waals surface area contributed by atoms with E-state index in [1.54, 1.807) is 12.1 Å². The summed E-state index contributed by atoms with van der Waals surface area (Å²) in [5.41, 5.74) is 1.51. The number of carbonyl (C=O) groups excluding carboxylic acids is 1. The number of para-hydroxylation sites is 2. The molecule has 0 aliphatic rings. The molecular formula is C21H21FN2O3S. The molecule has 1 amide bonds. The molecule has 0 fully saturated rings. The molecule has 0 unspecified atom stereocenters. The molecule has 1 N–H and O–H groups in total. The SMILES string of the molecule is CCOc1ccccc1OCCCC(=O)Nc1nc(-c2ccc(F)cc2)cs1. The largest absolute Gasteiger partial charge is 0.490 e. The molecule has 1 aromatic heterocycles. The van der Waals surface area contributed by atoms with E-state index in [1.165, 1.54) is 23.5 Å². The van der Waals surface area contributed by atoms with Gasteiger partial charge in [0.05, 0.1) is 18.9 Å². The number of hydrogen-bond donors (Lipinski definition) is 1. The summed E-state index contributed by atoms with van der Waals surface area (Å²) in [6, 6.07) is 13.6. The number of benzene rings is 2. The molecule has 0 saturated heterocycles. The number of hydrogen-bond acceptors (Lipinski definition) is 5. The fourth-order valence-electron chi connectivity index (χ4n) is 2.53. The standard InChI is InChI=1S/C21H21FN2O3S/c1-2-26-18-6-3-4-7-19(18)27-13-5-8-20(25)24-21-23-17(14-28-21)15-9-11-16(22)12-10-15/h3-4,6-7,9-12,14H,2,5,8,13H2,1H3,(H,23,24,25). The summed E-state index contributed by atoms with van der Waals surface area (Å²) in [6.45, 7) is 2.90. The summed E-state index contributed by atoms with van der Waals surface area (Å²) >= 11 is 1.34. The fraction of sp³-hybridized carbons (Fsp3) is 0.238. The normalized spacial score (nSPS) is 10.5. The van der Waals surface area contributed by atoms with Crippen LogP contribution in [0.5, 0.6) is 11.5 Å². The first-order valence-corrected chi connectivity index (χ1v) is 9.89. The van der Waals surface area contributed by atoms with E-state index in [2.05, 4.69) is 10.3 Å². The van der Waals surface area contributed by atoms with Gasteiger partial charge in [-0.15, -0.1) is 11.3 Å². The lowest BCUT2D eigenvalue weighted by Gasteiger charge is -2.11. The lowest BCUT2D eigenvalue weighted by Crippen LogP contribution is -2.12. The van der Waals surface area contributed by atoms with Crippen LogP contribution in [0.25, 0.3) is 11.3 Å². The summed E-state index contributed by atoms with van der Waals surface area (Å²) < 4.78 is 24.2. The van der Waals surface area contributed by atoms with Crippen molar-refractivity contribution in [2.45, 2.75) is 19.8 Å². The average Bonchev–Trinajstić information content (AvgIpc) is 3.15. The summed E-state index contributed by atoms with van der Waals surface area (Å²) in [7, 11) is 0. The molecule has 146 valence electrons. The van der Waals surface area contributed by atoms with Gasteiger partial charge in [-0.05, 0) is 49.7 Å². The van der Waals surface area contributed by atoms with Crippen LogP contribution >= 0.6 is 11.3 Å². The Morgan fingerprint density at radius 2 is 1.82 bits per heavy atom. The molecule has 28 heavy (non-hydrogen) atoms. The lowest BCUT2D eigenvalue weighted by molar-refractivity contribution is -0.116. The third kappa shape index (κ3) is 5.53. The number of ether oxygens (including phenoxy) is 2. The van der Waals surface area contributed by atoms with Crippen molar-refractivity contribution in [1.29, 1.82) is 0 Å². The van der Waals surface area contributed by atoms with Crippen molar-refractivity contribution in [3.63, 3.8) is 0 Å². The predicted octanol–water partition coefficient (Wildman–Crippen LogP) is 5.15. The van der Waals surface area contributed by atoms with Crippen molar-refractivity contribution in [3.8, 4) is 22.8 Å². The quantitative estimate of drug-likeness (QED) is 0.505. The molecule has 3 aromatic rings. The predicted molar refractivity (Wildman–Crippen MR) is 108 cm³/mol. The van der Waals surface area contributed by atoms with Gasteiger partial charge in [0, 0.05) is 17.4 Å². The van der Waals surface area contributed by atoms with Gasteiger partial charge in [0.1, 0.15) is 5.82 Å². The molecule has 0 radical (unpaired) electrons. The zero-order valence-corrected chi connectivity index (χ0v) is 16.3. The molecule has 2 aromatic carbocycles. The van der Waals surface area contributed by atoms with Gasteiger partial charge in [-0.2, -0.15) is 0 Å². The Bertz CT molecular complexity index is 912. The van der Waals surface area contributed by atoms with Crippen LogP contribution in [0.3, 0.4) is 0 Å². The van der Waals surface area contributed by atoms with E-state index in [9.17, 15) is 9.18 Å². The Morgan fingerprint density at radius 1 is 1.11 bits per heavy atom. The molecular weight excluding hydrogens is 379 g/mol. The second-order valence-corrected chi connectivity index (χ2v) is 6.78. The van der Waals surface area contributed by atoms with Crippen LogP contribution in [-0.4, -0.2) is 24.1 Å². The van der Waals surface area contributed by atoms with Crippen LogP contribution in [0.15, 0.2) is 53.9 Å². The first kappa shape index (κ1) is 19.8. The maximum Gasteiger partial charge on any atom is 0.226 e. The number of aromatic nitrogens is 1. The number of halogens is 1. The smallest absolute Gasteiger partial charge is 0.226 e. The van der Waals surface area contributed by atoms with Crippen molar-refractivity contribution in [2.24, 2.45) is 0 Å². The van der Waals surface area contributed by atoms with Gasteiger partial charge in [-0.1, -0.05) is 12.1 Å². The molecule has 0 aliphatic heterocycles. The van der Waals surface area contributed by atoms with Crippen molar-refractivity contribution >= 4 is 22.4 Å². The van der Waals surface area contributed by atoms with E-state index in [1.807, 2.05) is 36.6 Å². The van der Waals surface area contributed by atoms with E-state index in [0.717, 1.165) is 5.56 Å². The minimum absolute atomic E-state index is 0.123. The number of carbonyl (C=O) groups is 1. The molecule has 0 bridgehead atoms. The van der Waals surface area contributed by atoms with E-state index in [-0.39, 0.29) is 11.7 Å². The molecule has 7 heteroatoms. The Morgan fingerprint density at radius 3 is 2.54 bits per heavy atom. The lowest BCUT2D eigenvalue weighted by atomic mass is 10.2. The second kappa shape index (κ2) is 9.85. The van der Waals surface area contributed by atoms with Crippen molar-refractivity contribution in [1.82, 2.24) is 4.98 Å². The molecule has 0 spiro atoms. The Hall–Kier alpha value is -2.93. The summed E-state index contributed by atoms with van der Waals surface area (Å²) in [5.74, 6) is 0.958. The molecule has 3 rings (SSSR count). The second-order valence-electron chi connectivity index (χ2n) is 5.92. The van der Waals surface area contributed by atoms with Gasteiger partial charge in [-0.25, -0.2) is 9.37 Å². The number of amides is 1. The molecule has 5 nitrogen and oxygen atoms in total. The van der Waals surface area contributed by atoms with Gasteiger partial charge in [-0.3, -0.25) is 4.79 Å². The average molecular weight is 400 g/mol. The minimum atomic E-state index is -0.293.